The molecule has 0 aliphatic carbocycles. The van der Waals surface area contributed by atoms with Gasteiger partial charge in [-0.1, -0.05) is 0 Å². The van der Waals surface area contributed by atoms with Gasteiger partial charge in [-0.15, -0.1) is 0 Å². The Balaban J connectivity index is 4.99. The van der Waals surface area contributed by atoms with Crippen LogP contribution in [0, 0.1) is 30.3 Å². The Labute approximate surface area is 63.0 Å². The Hall–Kier alpha value is -1.51. The van der Waals surface area contributed by atoms with Crippen LogP contribution in [0.15, 0.2) is 0 Å². The van der Waals surface area contributed by atoms with Crippen molar-refractivity contribution in [3.63, 3.8) is 0 Å². The first kappa shape index (κ1) is 9.49. The number of nitrogens with zero attached hydrogens (tertiary/aromatic N) is 3. The molecule has 10 heteroatoms. The molecular weight excluding hydrogens is 185 g/mol. The fraction of sp³-hybridized carbons (Fsp3) is 1.00. The first-order chi connectivity index (χ1) is 4.83. The molecule has 0 aromatic heterocycles. The van der Waals surface area contributed by atoms with Gasteiger partial charge < -0.3 is 0 Å². The molecule has 0 aromatic carbocycles. The molecule has 0 radical (unpaired) electrons. The minimum atomic E-state index is -3.86. The number of nitro groups is 3. The summed E-state index contributed by atoms with van der Waals surface area (Å²) in [5.41, 5.74) is 0. The average Bonchev–Trinajstić information content (AvgIpc) is 1.84. The van der Waals surface area contributed by atoms with Crippen LogP contribution in [0.25, 0.3) is 0 Å². The maximum absolute atomic E-state index is 9.69. The molecule has 0 heterocycles. The summed E-state index contributed by atoms with van der Waals surface area (Å²) in [6.07, 6.45) is 0. The molecule has 62 valence electrons. The van der Waals surface area contributed by atoms with E-state index < -0.39 is 20.0 Å². The van der Waals surface area contributed by atoms with E-state index in [9.17, 15) is 30.3 Å². The predicted molar refractivity (Wildman–Crippen MR) is 29.6 cm³/mol. The second-order valence-corrected chi connectivity index (χ2v) is 1.83. The zero-order valence-corrected chi connectivity index (χ0v) is 5.43. The van der Waals surface area contributed by atoms with Crippen molar-refractivity contribution in [2.75, 3.05) is 0 Å². The summed E-state index contributed by atoms with van der Waals surface area (Å²) in [7, 11) is 0. The molecule has 0 saturated carbocycles. The third-order valence-corrected chi connectivity index (χ3v) is 1.11. The molecule has 0 amide bonds. The molecule has 9 nitrogen and oxygen atoms in total. The normalized spacial score (nSPS) is 10.6. The Morgan fingerprint density at radius 3 is 1.09 bits per heavy atom. The fourth-order valence-corrected chi connectivity index (χ4v) is 0.200. The van der Waals surface area contributed by atoms with Crippen molar-refractivity contribution in [1.82, 2.24) is 0 Å². The van der Waals surface area contributed by atoms with E-state index in [1.54, 1.807) is 0 Å². The Morgan fingerprint density at radius 1 is 0.909 bits per heavy atom. The lowest BCUT2D eigenvalue weighted by Gasteiger charge is -1.98. The average molecular weight is 185 g/mol. The van der Waals surface area contributed by atoms with Crippen LogP contribution in [0.4, 0.5) is 0 Å². The van der Waals surface area contributed by atoms with E-state index in [4.69, 9.17) is 0 Å². The Kier molecular flexibility index (Phi) is 2.26. The van der Waals surface area contributed by atoms with Crippen molar-refractivity contribution in [3.8, 4) is 0 Å². The number of hydrogen-bond acceptors (Lipinski definition) is 6. The summed E-state index contributed by atoms with van der Waals surface area (Å²) >= 11 is 4.45. The van der Waals surface area contributed by atoms with Crippen LogP contribution in [0.1, 0.15) is 0 Å². The topological polar surface area (TPSA) is 129 Å². The lowest BCUT2D eigenvalue weighted by Crippen LogP contribution is -2.47. The van der Waals surface area contributed by atoms with Gasteiger partial charge in [-0.3, -0.25) is 30.3 Å². The Bertz CT molecular complexity index is 188. The number of halogens is 1. The van der Waals surface area contributed by atoms with Crippen molar-refractivity contribution < 1.29 is 14.8 Å². The van der Waals surface area contributed by atoms with Gasteiger partial charge in [0.25, 0.3) is 0 Å². The molecule has 0 aromatic rings. The van der Waals surface area contributed by atoms with Gasteiger partial charge in [0.05, 0.1) is 0 Å². The highest BCUT2D eigenvalue weighted by Gasteiger charge is 2.69. The molecule has 0 atom stereocenters. The molecule has 0 saturated heterocycles. The van der Waals surface area contributed by atoms with Gasteiger partial charge in [0.1, 0.15) is 11.6 Å². The third-order valence-electron chi connectivity index (χ3n) is 0.697. The van der Waals surface area contributed by atoms with Gasteiger partial charge in [0.15, 0.2) is 14.8 Å². The van der Waals surface area contributed by atoms with Crippen molar-refractivity contribution in [2.24, 2.45) is 0 Å². The van der Waals surface area contributed by atoms with E-state index in [-0.39, 0.29) is 0 Å². The molecule has 0 aliphatic heterocycles. The molecule has 0 unspecified atom stereocenters. The maximum Gasteiger partial charge on any atom is 0.789 e. The molecule has 0 bridgehead atoms. The van der Waals surface area contributed by atoms with Crippen LogP contribution < -0.4 is 0 Å². The highest BCUT2D eigenvalue weighted by Crippen LogP contribution is 2.16. The zero-order chi connectivity index (χ0) is 9.23. The van der Waals surface area contributed by atoms with Crippen LogP contribution in [0.2, 0.25) is 0 Å². The summed E-state index contributed by atoms with van der Waals surface area (Å²) in [4.78, 5) is 23.7. The monoisotopic (exact) mass is 185 g/mol. The van der Waals surface area contributed by atoms with Gasteiger partial charge >= 0.3 is 5.25 Å². The fourth-order valence-electron chi connectivity index (χ4n) is 0.200. The molecule has 11 heavy (non-hydrogen) atoms. The van der Waals surface area contributed by atoms with Crippen molar-refractivity contribution in [3.05, 3.63) is 30.3 Å². The first-order valence-corrected chi connectivity index (χ1v) is 2.33. The molecule has 0 aliphatic rings. The van der Waals surface area contributed by atoms with Gasteiger partial charge in [-0.25, -0.2) is 0 Å². The predicted octanol–water partition coefficient (Wildman–Crippen LogP) is -0.333. The van der Waals surface area contributed by atoms with Crippen LogP contribution >= 0.6 is 11.6 Å². The largest absolute Gasteiger partial charge is 0.789 e. The number of alkyl halides is 1. The van der Waals surface area contributed by atoms with Gasteiger partial charge in [-0.05, 0) is 0 Å². The second kappa shape index (κ2) is 2.62. The zero-order valence-electron chi connectivity index (χ0n) is 4.67. The molecular formula is CClN3O6. The van der Waals surface area contributed by atoms with Crippen LogP contribution in [-0.4, -0.2) is 20.0 Å². The molecule has 0 spiro atoms. The molecule has 0 fully saturated rings. The minimum Gasteiger partial charge on any atom is -0.251 e. The van der Waals surface area contributed by atoms with Crippen LogP contribution in [0.3, 0.4) is 0 Å². The number of hydrogen-bond donors (Lipinski definition) is 0. The summed E-state index contributed by atoms with van der Waals surface area (Å²) in [6, 6.07) is 0. The van der Waals surface area contributed by atoms with Gasteiger partial charge in [-0.2, -0.15) is 0 Å². The Morgan fingerprint density at radius 2 is 1.09 bits per heavy atom. The van der Waals surface area contributed by atoms with E-state index in [1.165, 1.54) is 0 Å². The molecule has 0 rings (SSSR count). The van der Waals surface area contributed by atoms with E-state index in [1.807, 2.05) is 0 Å². The van der Waals surface area contributed by atoms with Crippen molar-refractivity contribution in [2.45, 2.75) is 5.25 Å². The van der Waals surface area contributed by atoms with E-state index in [2.05, 4.69) is 11.6 Å². The van der Waals surface area contributed by atoms with E-state index in [0.717, 1.165) is 0 Å². The second-order valence-electron chi connectivity index (χ2n) is 1.32. The van der Waals surface area contributed by atoms with Gasteiger partial charge in [0, 0.05) is 0 Å². The van der Waals surface area contributed by atoms with E-state index >= 15 is 0 Å². The smallest absolute Gasteiger partial charge is 0.251 e. The standard InChI is InChI=1S/CClN3O6/c2-1(3(6)7,4(8)9)5(10)11. The quantitative estimate of drug-likeness (QED) is 0.194. The summed E-state index contributed by atoms with van der Waals surface area (Å²) < 4.78 is 0. The summed E-state index contributed by atoms with van der Waals surface area (Å²) in [6.45, 7) is 0. The van der Waals surface area contributed by atoms with Crippen molar-refractivity contribution >= 4 is 11.6 Å². The first-order valence-electron chi connectivity index (χ1n) is 1.96. The minimum absolute atomic E-state index is 1.80. The maximum atomic E-state index is 9.69. The van der Waals surface area contributed by atoms with Crippen molar-refractivity contribution in [1.29, 1.82) is 0 Å². The van der Waals surface area contributed by atoms with Crippen LogP contribution in [0.5, 0.6) is 0 Å². The number of rotatable bonds is 3. The third kappa shape index (κ3) is 1.32. The summed E-state index contributed by atoms with van der Waals surface area (Å²) in [5.74, 6) is 0. The van der Waals surface area contributed by atoms with Gasteiger partial charge in [0.2, 0.25) is 0 Å². The lowest BCUT2D eigenvalue weighted by atomic mass is 10.9. The summed E-state index contributed by atoms with van der Waals surface area (Å²) in [5, 5.41) is 25.2. The van der Waals surface area contributed by atoms with Crippen LogP contribution in [-0.2, 0) is 0 Å². The highest BCUT2D eigenvalue weighted by molar-refractivity contribution is 6.20. The highest BCUT2D eigenvalue weighted by atomic mass is 35.5. The molecule has 0 N–H and O–H groups in total. The lowest BCUT2D eigenvalue weighted by molar-refractivity contribution is -0.938. The SMILES string of the molecule is O=[N+]([O-])C(Cl)([N+](=O)[O-])[N+](=O)[O-]. The van der Waals surface area contributed by atoms with E-state index in [0.29, 0.717) is 0 Å².